The summed E-state index contributed by atoms with van der Waals surface area (Å²) in [5, 5.41) is 2.62. The lowest BCUT2D eigenvalue weighted by molar-refractivity contribution is -0.182. The fourth-order valence-electron chi connectivity index (χ4n) is 4.06. The Hall–Kier alpha value is -2.93. The second kappa shape index (κ2) is 9.37. The van der Waals surface area contributed by atoms with Crippen LogP contribution in [0.5, 0.6) is 0 Å². The first-order valence-corrected chi connectivity index (χ1v) is 12.7. The van der Waals surface area contributed by atoms with Gasteiger partial charge in [-0.2, -0.15) is 0 Å². The molecule has 0 aliphatic carbocycles. The molecule has 1 amide bonds. The first-order chi connectivity index (χ1) is 16.1. The lowest BCUT2D eigenvalue weighted by atomic mass is 9.96. The lowest BCUT2D eigenvalue weighted by Crippen LogP contribution is -2.49. The monoisotopic (exact) mass is 488 g/mol. The highest BCUT2D eigenvalue weighted by molar-refractivity contribution is 7.51. The largest absolute Gasteiger partial charge is 0.449 e. The number of carbonyl (C=O) groups is 2. The number of esters is 1. The smallest absolute Gasteiger partial charge is 0.339 e. The SMILES string of the molecule is C=C1NC(=O)C(C#CCOC(=O)c2ccccc2)=CN1[C@@H]1O[C@]2(CC)COC1[C@@H]2OP(C)(=O)O. The number of nitrogens with zero attached hydrogens (tertiary/aromatic N) is 1. The van der Waals surface area contributed by atoms with Gasteiger partial charge in [-0.1, -0.05) is 43.5 Å². The highest BCUT2D eigenvalue weighted by Gasteiger charge is 2.64. The van der Waals surface area contributed by atoms with Crippen molar-refractivity contribution in [2.75, 3.05) is 19.9 Å². The molecular formula is C23H25N2O8P. The van der Waals surface area contributed by atoms with E-state index in [9.17, 15) is 19.0 Å². The predicted molar refractivity (Wildman–Crippen MR) is 120 cm³/mol. The Morgan fingerprint density at radius 1 is 1.41 bits per heavy atom. The van der Waals surface area contributed by atoms with Crippen LogP contribution in [0.2, 0.25) is 0 Å². The van der Waals surface area contributed by atoms with Gasteiger partial charge in [-0.25, -0.2) is 4.79 Å². The molecule has 11 heteroatoms. The summed E-state index contributed by atoms with van der Waals surface area (Å²) in [6.07, 6.45) is -0.266. The number of hydrogen-bond donors (Lipinski definition) is 2. The fraction of sp³-hybridized carbons (Fsp3) is 0.391. The number of benzene rings is 1. The van der Waals surface area contributed by atoms with Gasteiger partial charge in [-0.05, 0) is 18.6 Å². The summed E-state index contributed by atoms with van der Waals surface area (Å²) in [6, 6.07) is 8.49. The highest BCUT2D eigenvalue weighted by atomic mass is 31.2. The Bertz CT molecular complexity index is 1130. The van der Waals surface area contributed by atoms with Crippen molar-refractivity contribution in [1.82, 2.24) is 10.2 Å². The zero-order valence-corrected chi connectivity index (χ0v) is 19.6. The molecule has 5 atom stereocenters. The van der Waals surface area contributed by atoms with Crippen molar-refractivity contribution in [3.8, 4) is 11.8 Å². The van der Waals surface area contributed by atoms with E-state index in [2.05, 4.69) is 23.7 Å². The lowest BCUT2D eigenvalue weighted by Gasteiger charge is -2.38. The summed E-state index contributed by atoms with van der Waals surface area (Å²) in [6.45, 7) is 6.85. The minimum absolute atomic E-state index is 0.0980. The van der Waals surface area contributed by atoms with E-state index in [0.717, 1.165) is 6.66 Å². The van der Waals surface area contributed by atoms with E-state index in [4.69, 9.17) is 18.7 Å². The van der Waals surface area contributed by atoms with Crippen molar-refractivity contribution in [3.05, 3.63) is 60.1 Å². The summed E-state index contributed by atoms with van der Waals surface area (Å²) in [7, 11) is -3.81. The van der Waals surface area contributed by atoms with E-state index >= 15 is 0 Å². The van der Waals surface area contributed by atoms with Crippen LogP contribution >= 0.6 is 7.60 Å². The van der Waals surface area contributed by atoms with Crippen LogP contribution in [0.1, 0.15) is 23.7 Å². The molecule has 1 aromatic carbocycles. The van der Waals surface area contributed by atoms with Gasteiger partial charge in [0.15, 0.2) is 12.8 Å². The van der Waals surface area contributed by atoms with Crippen LogP contribution in [0.15, 0.2) is 54.5 Å². The summed E-state index contributed by atoms with van der Waals surface area (Å²) in [4.78, 5) is 35.7. The average Bonchev–Trinajstić information content (AvgIpc) is 3.28. The molecule has 2 unspecified atom stereocenters. The molecule has 180 valence electrons. The van der Waals surface area contributed by atoms with Crippen molar-refractivity contribution < 1.29 is 37.8 Å². The van der Waals surface area contributed by atoms with Crippen molar-refractivity contribution in [1.29, 1.82) is 0 Å². The molecule has 0 radical (unpaired) electrons. The molecule has 2 bridgehead atoms. The van der Waals surface area contributed by atoms with Gasteiger partial charge in [0.1, 0.15) is 29.2 Å². The normalized spacial score (nSPS) is 29.6. The Kier molecular flexibility index (Phi) is 6.67. The van der Waals surface area contributed by atoms with E-state index in [1.165, 1.54) is 6.20 Å². The molecule has 2 fully saturated rings. The number of amides is 1. The molecule has 3 aliphatic rings. The van der Waals surface area contributed by atoms with Crippen LogP contribution in [0.4, 0.5) is 0 Å². The predicted octanol–water partition coefficient (Wildman–Crippen LogP) is 1.74. The zero-order chi connectivity index (χ0) is 24.5. The molecule has 1 aromatic rings. The van der Waals surface area contributed by atoms with Crippen LogP contribution in [0, 0.1) is 11.8 Å². The van der Waals surface area contributed by atoms with Crippen LogP contribution in [-0.4, -0.2) is 65.6 Å². The topological polar surface area (TPSA) is 124 Å². The number of fused-ring (bicyclic) bond motifs is 2. The third-order valence-corrected chi connectivity index (χ3v) is 6.36. The molecule has 0 aromatic heterocycles. The number of rotatable bonds is 6. The van der Waals surface area contributed by atoms with Gasteiger partial charge in [0.2, 0.25) is 0 Å². The van der Waals surface area contributed by atoms with Gasteiger partial charge in [-0.3, -0.25) is 13.9 Å². The Balaban J connectivity index is 1.49. The Labute approximate surface area is 197 Å². The molecule has 3 aliphatic heterocycles. The second-order valence-corrected chi connectivity index (χ2v) is 9.94. The van der Waals surface area contributed by atoms with Crippen LogP contribution in [-0.2, 0) is 28.1 Å². The van der Waals surface area contributed by atoms with Gasteiger partial charge >= 0.3 is 13.6 Å². The number of ether oxygens (including phenoxy) is 3. The van der Waals surface area contributed by atoms with Crippen molar-refractivity contribution in [2.45, 2.75) is 37.4 Å². The van der Waals surface area contributed by atoms with Gasteiger partial charge in [0.05, 0.1) is 12.2 Å². The summed E-state index contributed by atoms with van der Waals surface area (Å²) < 4.78 is 34.6. The van der Waals surface area contributed by atoms with E-state index in [-0.39, 0.29) is 24.6 Å². The fourth-order valence-corrected chi connectivity index (χ4v) is 4.79. The number of nitrogens with one attached hydrogen (secondary N) is 1. The van der Waals surface area contributed by atoms with Gasteiger partial charge in [0, 0.05) is 12.9 Å². The van der Waals surface area contributed by atoms with Crippen molar-refractivity contribution in [3.63, 3.8) is 0 Å². The van der Waals surface area contributed by atoms with Crippen molar-refractivity contribution >= 4 is 19.5 Å². The van der Waals surface area contributed by atoms with Gasteiger partial charge in [-0.15, -0.1) is 0 Å². The summed E-state index contributed by atoms with van der Waals surface area (Å²) in [5.41, 5.74) is -0.409. The van der Waals surface area contributed by atoms with Crippen molar-refractivity contribution in [2.24, 2.45) is 0 Å². The summed E-state index contributed by atoms with van der Waals surface area (Å²) >= 11 is 0. The Morgan fingerprint density at radius 3 is 2.82 bits per heavy atom. The van der Waals surface area contributed by atoms with Crippen LogP contribution < -0.4 is 5.32 Å². The minimum Gasteiger partial charge on any atom is -0.449 e. The molecule has 34 heavy (non-hydrogen) atoms. The highest BCUT2D eigenvalue weighted by Crippen LogP contribution is 2.52. The third kappa shape index (κ3) is 4.80. The summed E-state index contributed by atoms with van der Waals surface area (Å²) in [5.74, 6) is 4.60. The van der Waals surface area contributed by atoms with E-state index < -0.39 is 43.5 Å². The number of hydrogen-bond acceptors (Lipinski definition) is 8. The standard InChI is InChI=1S/C23H25N2O8P/c1-4-23-14-31-18(19(23)33-34(3,28)29)21(32-23)25-13-17(20(26)24-15(25)2)11-8-12-30-22(27)16-9-6-5-7-10-16/h5-7,9-10,13,18-19,21H,2,4,12,14H2,1,3H3,(H,24,26)(H,28,29)/t18?,19-,21+,23+/m0/s1. The number of carbonyl (C=O) groups excluding carboxylic acids is 2. The first-order valence-electron chi connectivity index (χ1n) is 10.6. The Morgan fingerprint density at radius 2 is 2.15 bits per heavy atom. The van der Waals surface area contributed by atoms with Gasteiger partial charge < -0.3 is 29.3 Å². The van der Waals surface area contributed by atoms with Crippen LogP contribution in [0.25, 0.3) is 0 Å². The quantitative estimate of drug-likeness (QED) is 0.350. The maximum Gasteiger partial charge on any atom is 0.339 e. The molecule has 4 rings (SSSR count). The van der Waals surface area contributed by atoms with E-state index in [1.54, 1.807) is 35.2 Å². The first kappa shape index (κ1) is 24.2. The third-order valence-electron chi connectivity index (χ3n) is 5.75. The van der Waals surface area contributed by atoms with Gasteiger partial charge in [0.25, 0.3) is 5.91 Å². The van der Waals surface area contributed by atoms with Crippen LogP contribution in [0.3, 0.4) is 0 Å². The average molecular weight is 488 g/mol. The second-order valence-electron chi connectivity index (χ2n) is 8.13. The maximum absolute atomic E-state index is 12.4. The van der Waals surface area contributed by atoms with E-state index in [1.807, 2.05) is 6.92 Å². The molecule has 0 spiro atoms. The van der Waals surface area contributed by atoms with E-state index in [0.29, 0.717) is 12.0 Å². The molecule has 2 N–H and O–H groups in total. The molecular weight excluding hydrogens is 463 g/mol. The molecule has 0 saturated carbocycles. The maximum atomic E-state index is 12.4. The molecule has 10 nitrogen and oxygen atoms in total. The molecule has 2 saturated heterocycles. The minimum atomic E-state index is -3.81. The zero-order valence-electron chi connectivity index (χ0n) is 18.7. The molecule has 3 heterocycles.